The molecule has 0 spiro atoms. The predicted octanol–water partition coefficient (Wildman–Crippen LogP) is 3.04. The molecule has 0 aliphatic heterocycles. The van der Waals surface area contributed by atoms with Gasteiger partial charge in [-0.3, -0.25) is 4.98 Å². The number of benzene rings is 1. The summed E-state index contributed by atoms with van der Waals surface area (Å²) in [5.74, 6) is 0. The van der Waals surface area contributed by atoms with Crippen molar-refractivity contribution in [1.82, 2.24) is 19.6 Å². The summed E-state index contributed by atoms with van der Waals surface area (Å²) in [5, 5.41) is 4.91. The van der Waals surface area contributed by atoms with E-state index < -0.39 is 0 Å². The van der Waals surface area contributed by atoms with Gasteiger partial charge in [-0.2, -0.15) is 9.61 Å². The average molecular weight is 316 g/mol. The second-order valence-electron chi connectivity index (χ2n) is 3.76. The number of rotatable bonds is 1. The second-order valence-corrected chi connectivity index (χ2v) is 4.95. The number of aromatic nitrogens is 4. The fourth-order valence-electron chi connectivity index (χ4n) is 1.74. The van der Waals surface area contributed by atoms with Gasteiger partial charge >= 0.3 is 5.69 Å². The lowest BCUT2D eigenvalue weighted by molar-refractivity contribution is 0.840. The van der Waals surface area contributed by atoms with E-state index in [-0.39, 0.29) is 10.7 Å². The van der Waals surface area contributed by atoms with Crippen LogP contribution in [0.25, 0.3) is 16.8 Å². The summed E-state index contributed by atoms with van der Waals surface area (Å²) in [5.41, 5.74) is 1.37. The second kappa shape index (κ2) is 4.52. The van der Waals surface area contributed by atoms with Crippen LogP contribution in [0.1, 0.15) is 0 Å². The molecule has 5 nitrogen and oxygen atoms in total. The molecule has 3 rings (SSSR count). The van der Waals surface area contributed by atoms with E-state index in [2.05, 4.69) is 15.1 Å². The van der Waals surface area contributed by atoms with Crippen molar-refractivity contribution in [2.75, 3.05) is 0 Å². The van der Waals surface area contributed by atoms with Gasteiger partial charge in [0.25, 0.3) is 0 Å². The minimum atomic E-state index is -0.373. The summed E-state index contributed by atoms with van der Waals surface area (Å²) < 4.78 is 1.16. The fourth-order valence-corrected chi connectivity index (χ4v) is 2.34. The molecule has 19 heavy (non-hydrogen) atoms. The van der Waals surface area contributed by atoms with Crippen molar-refractivity contribution < 1.29 is 0 Å². The van der Waals surface area contributed by atoms with E-state index in [1.165, 1.54) is 12.5 Å². The van der Waals surface area contributed by atoms with Gasteiger partial charge in [-0.15, -0.1) is 0 Å². The van der Waals surface area contributed by atoms with Crippen LogP contribution in [0, 0.1) is 0 Å². The van der Waals surface area contributed by atoms with Gasteiger partial charge in [0.05, 0.1) is 27.6 Å². The highest BCUT2D eigenvalue weighted by molar-refractivity contribution is 6.48. The SMILES string of the molecule is O=c1[nH]cnc2c(-c3cc(Cl)c(Cl)c(Cl)c3)cnn12. The van der Waals surface area contributed by atoms with E-state index in [4.69, 9.17) is 34.8 Å². The molecule has 3 aromatic rings. The Kier molecular flexibility index (Phi) is 2.97. The summed E-state index contributed by atoms with van der Waals surface area (Å²) in [4.78, 5) is 18.1. The highest BCUT2D eigenvalue weighted by atomic mass is 35.5. The lowest BCUT2D eigenvalue weighted by Gasteiger charge is -2.03. The lowest BCUT2D eigenvalue weighted by atomic mass is 10.1. The van der Waals surface area contributed by atoms with Gasteiger partial charge in [0.1, 0.15) is 0 Å². The quantitative estimate of drug-likeness (QED) is 0.702. The monoisotopic (exact) mass is 314 g/mol. The van der Waals surface area contributed by atoms with Gasteiger partial charge in [-0.05, 0) is 17.7 Å². The Labute approximate surface area is 121 Å². The van der Waals surface area contributed by atoms with E-state index in [1.54, 1.807) is 12.1 Å². The molecule has 1 aromatic carbocycles. The summed E-state index contributed by atoms with van der Waals surface area (Å²) in [7, 11) is 0. The van der Waals surface area contributed by atoms with Crippen molar-refractivity contribution >= 4 is 40.4 Å². The number of nitrogens with zero attached hydrogens (tertiary/aromatic N) is 3. The Balaban J connectivity index is 2.31. The first-order chi connectivity index (χ1) is 9.08. The predicted molar refractivity (Wildman–Crippen MR) is 74.1 cm³/mol. The molecule has 0 amide bonds. The molecule has 96 valence electrons. The molecule has 0 aliphatic rings. The molecule has 0 atom stereocenters. The maximum absolute atomic E-state index is 11.5. The standard InChI is InChI=1S/C11H5Cl3N4O/c12-7-1-5(2-8(13)9(7)14)6-3-17-18-10(6)15-4-16-11(18)19/h1-4H,(H,15,16,19). The Bertz CT molecular complexity index is 816. The molecule has 0 bridgehead atoms. The van der Waals surface area contributed by atoms with Gasteiger partial charge in [-0.25, -0.2) is 9.78 Å². The Morgan fingerprint density at radius 1 is 1.16 bits per heavy atom. The molecule has 0 saturated heterocycles. The molecule has 0 radical (unpaired) electrons. The molecule has 2 aromatic heterocycles. The smallest absolute Gasteiger partial charge is 0.296 e. The number of halogens is 3. The zero-order valence-electron chi connectivity index (χ0n) is 9.19. The number of nitrogens with one attached hydrogen (secondary N) is 1. The van der Waals surface area contributed by atoms with Crippen molar-refractivity contribution in [3.63, 3.8) is 0 Å². The highest BCUT2D eigenvalue weighted by Gasteiger charge is 2.13. The third kappa shape index (κ3) is 2.00. The third-order valence-corrected chi connectivity index (χ3v) is 3.80. The van der Waals surface area contributed by atoms with Crippen molar-refractivity contribution in [2.24, 2.45) is 0 Å². The van der Waals surface area contributed by atoms with Crippen LogP contribution in [0.15, 0.2) is 29.5 Å². The molecule has 1 N–H and O–H groups in total. The van der Waals surface area contributed by atoms with Crippen molar-refractivity contribution in [3.8, 4) is 11.1 Å². The Morgan fingerprint density at radius 3 is 2.53 bits per heavy atom. The molecule has 8 heteroatoms. The number of H-pyrrole nitrogens is 1. The number of fused-ring (bicyclic) bond motifs is 1. The van der Waals surface area contributed by atoms with Crippen LogP contribution >= 0.6 is 34.8 Å². The minimum Gasteiger partial charge on any atom is -0.296 e. The molecular weight excluding hydrogens is 311 g/mol. The number of aromatic amines is 1. The van der Waals surface area contributed by atoms with Crippen molar-refractivity contribution in [2.45, 2.75) is 0 Å². The average Bonchev–Trinajstić information content (AvgIpc) is 2.80. The van der Waals surface area contributed by atoms with Crippen LogP contribution in [0.2, 0.25) is 15.1 Å². The highest BCUT2D eigenvalue weighted by Crippen LogP contribution is 2.35. The normalized spacial score (nSPS) is 11.1. The van der Waals surface area contributed by atoms with Gasteiger partial charge < -0.3 is 0 Å². The third-order valence-electron chi connectivity index (χ3n) is 2.61. The van der Waals surface area contributed by atoms with E-state index >= 15 is 0 Å². The molecule has 0 unspecified atom stereocenters. The largest absolute Gasteiger partial charge is 0.349 e. The number of hydrogen-bond acceptors (Lipinski definition) is 3. The Morgan fingerprint density at radius 2 is 1.84 bits per heavy atom. The fraction of sp³-hybridized carbons (Fsp3) is 0. The molecule has 0 fully saturated rings. The molecule has 0 aliphatic carbocycles. The summed E-state index contributed by atoms with van der Waals surface area (Å²) in [6.07, 6.45) is 2.83. The van der Waals surface area contributed by atoms with Crippen molar-refractivity contribution in [3.05, 3.63) is 50.2 Å². The van der Waals surface area contributed by atoms with Gasteiger partial charge in [0.15, 0.2) is 5.65 Å². The summed E-state index contributed by atoms with van der Waals surface area (Å²) in [6, 6.07) is 3.30. The maximum Gasteiger partial charge on any atom is 0.349 e. The van der Waals surface area contributed by atoms with Crippen LogP contribution < -0.4 is 5.69 Å². The van der Waals surface area contributed by atoms with Crippen LogP contribution in [0.4, 0.5) is 0 Å². The van der Waals surface area contributed by atoms with E-state index in [1.807, 2.05) is 0 Å². The number of hydrogen-bond donors (Lipinski definition) is 1. The Hall–Kier alpha value is -1.56. The van der Waals surface area contributed by atoms with Crippen LogP contribution in [0.3, 0.4) is 0 Å². The van der Waals surface area contributed by atoms with E-state index in [0.717, 1.165) is 4.52 Å². The lowest BCUT2D eigenvalue weighted by Crippen LogP contribution is -2.17. The van der Waals surface area contributed by atoms with E-state index in [9.17, 15) is 4.79 Å². The topological polar surface area (TPSA) is 63.0 Å². The molecule has 0 saturated carbocycles. The van der Waals surface area contributed by atoms with Gasteiger partial charge in [0, 0.05) is 5.56 Å². The van der Waals surface area contributed by atoms with Gasteiger partial charge in [0.2, 0.25) is 0 Å². The first-order valence-electron chi connectivity index (χ1n) is 5.14. The minimum absolute atomic E-state index is 0.286. The molecule has 2 heterocycles. The van der Waals surface area contributed by atoms with Crippen LogP contribution in [-0.4, -0.2) is 19.6 Å². The maximum atomic E-state index is 11.5. The van der Waals surface area contributed by atoms with Crippen LogP contribution in [0.5, 0.6) is 0 Å². The van der Waals surface area contributed by atoms with Gasteiger partial charge in [-0.1, -0.05) is 34.8 Å². The zero-order chi connectivity index (χ0) is 13.6. The van der Waals surface area contributed by atoms with Crippen LogP contribution in [-0.2, 0) is 0 Å². The summed E-state index contributed by atoms with van der Waals surface area (Å²) in [6.45, 7) is 0. The van der Waals surface area contributed by atoms with Crippen molar-refractivity contribution in [1.29, 1.82) is 0 Å². The molecular formula is C11H5Cl3N4O. The summed E-state index contributed by atoms with van der Waals surface area (Å²) >= 11 is 17.9. The first-order valence-corrected chi connectivity index (χ1v) is 6.27. The van der Waals surface area contributed by atoms with E-state index in [0.29, 0.717) is 26.8 Å². The zero-order valence-corrected chi connectivity index (χ0v) is 11.5. The first kappa shape index (κ1) is 12.5.